The molecule has 5 heteroatoms. The van der Waals surface area contributed by atoms with Crippen molar-refractivity contribution in [1.82, 2.24) is 5.09 Å². The first-order valence-corrected chi connectivity index (χ1v) is 6.83. The highest BCUT2D eigenvalue weighted by molar-refractivity contribution is 7.56. The van der Waals surface area contributed by atoms with E-state index in [1.807, 2.05) is 0 Å². The van der Waals surface area contributed by atoms with Crippen LogP contribution in [0.1, 0.15) is 45.4 Å². The van der Waals surface area contributed by atoms with Crippen LogP contribution in [0.25, 0.3) is 0 Å². The minimum absolute atomic E-state index is 0.663. The first-order chi connectivity index (χ1) is 6.06. The van der Waals surface area contributed by atoms with Crippen LogP contribution >= 0.6 is 7.59 Å². The van der Waals surface area contributed by atoms with E-state index in [0.717, 1.165) is 12.8 Å². The van der Waals surface area contributed by atoms with Gasteiger partial charge in [0.2, 0.25) is 0 Å². The number of hydrogen-bond acceptors (Lipinski definition) is 1. The average Bonchev–Trinajstić information content (AvgIpc) is 2.01. The Morgan fingerprint density at radius 2 is 1.62 bits per heavy atom. The van der Waals surface area contributed by atoms with E-state index in [9.17, 15) is 4.57 Å². The normalized spacial score (nSPS) is 11.9. The van der Waals surface area contributed by atoms with Crippen LogP contribution in [0.15, 0.2) is 0 Å². The van der Waals surface area contributed by atoms with Crippen molar-refractivity contribution in [1.29, 1.82) is 0 Å². The SMILES string of the molecule is CCCCCCCCNP(N)(N)=O. The molecule has 0 rings (SSSR count). The number of unbranched alkanes of at least 4 members (excludes halogenated alkanes) is 5. The Bertz CT molecular complexity index is 157. The molecule has 0 aliphatic rings. The van der Waals surface area contributed by atoms with E-state index in [-0.39, 0.29) is 0 Å². The molecule has 0 spiro atoms. The number of nitrogens with one attached hydrogen (secondary N) is 1. The molecule has 0 aliphatic heterocycles. The van der Waals surface area contributed by atoms with Gasteiger partial charge in [-0.15, -0.1) is 0 Å². The Kier molecular flexibility index (Phi) is 7.57. The van der Waals surface area contributed by atoms with Crippen molar-refractivity contribution in [3.63, 3.8) is 0 Å². The standard InChI is InChI=1S/C8H22N3OP/c1-2-3-4-5-6-7-8-11-13(9,10)12/h2-8H2,1H3,(H5,9,10,11,12). The molecule has 0 amide bonds. The number of nitrogens with two attached hydrogens (primary N) is 2. The van der Waals surface area contributed by atoms with Gasteiger partial charge in [0.25, 0.3) is 7.59 Å². The fourth-order valence-corrected chi connectivity index (χ4v) is 1.67. The molecule has 0 atom stereocenters. The van der Waals surface area contributed by atoms with Crippen LogP contribution in [0.3, 0.4) is 0 Å². The summed E-state index contributed by atoms with van der Waals surface area (Å²) in [5.74, 6) is 0. The molecule has 0 aromatic carbocycles. The molecule has 5 N–H and O–H groups in total. The first kappa shape index (κ1) is 13.1. The van der Waals surface area contributed by atoms with Crippen molar-refractivity contribution < 1.29 is 4.57 Å². The molecule has 0 aromatic rings. The fourth-order valence-electron chi connectivity index (χ4n) is 1.16. The summed E-state index contributed by atoms with van der Waals surface area (Å²) in [6.45, 7) is 2.86. The Balaban J connectivity index is 3.04. The summed E-state index contributed by atoms with van der Waals surface area (Å²) in [5.41, 5.74) is 10.2. The summed E-state index contributed by atoms with van der Waals surface area (Å²) < 4.78 is 10.8. The van der Waals surface area contributed by atoms with Crippen LogP contribution in [0, 0.1) is 0 Å². The van der Waals surface area contributed by atoms with Gasteiger partial charge < -0.3 is 0 Å². The topological polar surface area (TPSA) is 81.1 Å². The largest absolute Gasteiger partial charge is 0.273 e. The predicted molar refractivity (Wildman–Crippen MR) is 57.4 cm³/mol. The zero-order valence-electron chi connectivity index (χ0n) is 8.46. The highest BCUT2D eigenvalue weighted by Gasteiger charge is 2.04. The van der Waals surface area contributed by atoms with Gasteiger partial charge in [-0.2, -0.15) is 0 Å². The second-order valence-electron chi connectivity index (χ2n) is 3.39. The summed E-state index contributed by atoms with van der Waals surface area (Å²) in [7, 11) is -2.98. The van der Waals surface area contributed by atoms with Gasteiger partial charge in [0, 0.05) is 6.54 Å². The highest BCUT2D eigenvalue weighted by atomic mass is 31.2. The molecule has 0 aliphatic carbocycles. The molecule has 0 heterocycles. The summed E-state index contributed by atoms with van der Waals surface area (Å²) in [6, 6.07) is 0. The molecular formula is C8H22N3OP. The molecular weight excluding hydrogens is 185 g/mol. The zero-order valence-corrected chi connectivity index (χ0v) is 9.35. The lowest BCUT2D eigenvalue weighted by Gasteiger charge is -2.07. The van der Waals surface area contributed by atoms with Gasteiger partial charge in [0.1, 0.15) is 0 Å². The van der Waals surface area contributed by atoms with Crippen LogP contribution in [0.4, 0.5) is 0 Å². The Hall–Kier alpha value is 0.110. The van der Waals surface area contributed by atoms with Crippen molar-refractivity contribution in [2.24, 2.45) is 11.0 Å². The smallest absolute Gasteiger partial charge is 0.271 e. The average molecular weight is 207 g/mol. The minimum Gasteiger partial charge on any atom is -0.271 e. The second-order valence-corrected chi connectivity index (χ2v) is 5.12. The maximum atomic E-state index is 10.8. The third kappa shape index (κ3) is 12.1. The molecule has 0 fully saturated rings. The van der Waals surface area contributed by atoms with E-state index in [4.69, 9.17) is 11.0 Å². The van der Waals surface area contributed by atoms with Crippen molar-refractivity contribution in [2.45, 2.75) is 45.4 Å². The molecule has 4 nitrogen and oxygen atoms in total. The molecule has 80 valence electrons. The first-order valence-electron chi connectivity index (χ1n) is 4.98. The summed E-state index contributed by atoms with van der Waals surface area (Å²) in [5, 5.41) is 2.62. The van der Waals surface area contributed by atoms with E-state index in [2.05, 4.69) is 12.0 Å². The van der Waals surface area contributed by atoms with Crippen molar-refractivity contribution in [3.8, 4) is 0 Å². The van der Waals surface area contributed by atoms with Gasteiger partial charge in [-0.05, 0) is 6.42 Å². The summed E-state index contributed by atoms with van der Waals surface area (Å²) in [6.07, 6.45) is 7.27. The second kappa shape index (κ2) is 7.51. The van der Waals surface area contributed by atoms with Gasteiger partial charge in [-0.25, -0.2) is 5.09 Å². The Morgan fingerprint density at radius 3 is 2.15 bits per heavy atom. The van der Waals surface area contributed by atoms with Crippen LogP contribution in [-0.4, -0.2) is 6.54 Å². The molecule has 13 heavy (non-hydrogen) atoms. The summed E-state index contributed by atoms with van der Waals surface area (Å²) >= 11 is 0. The van der Waals surface area contributed by atoms with E-state index in [1.54, 1.807) is 0 Å². The van der Waals surface area contributed by atoms with E-state index >= 15 is 0 Å². The monoisotopic (exact) mass is 207 g/mol. The Morgan fingerprint density at radius 1 is 1.08 bits per heavy atom. The summed E-state index contributed by atoms with van der Waals surface area (Å²) in [4.78, 5) is 0. The van der Waals surface area contributed by atoms with Crippen molar-refractivity contribution in [3.05, 3.63) is 0 Å². The molecule has 0 aromatic heterocycles. The lowest BCUT2D eigenvalue weighted by Crippen LogP contribution is -2.22. The van der Waals surface area contributed by atoms with E-state index in [1.165, 1.54) is 25.7 Å². The van der Waals surface area contributed by atoms with Crippen LogP contribution in [0.2, 0.25) is 0 Å². The van der Waals surface area contributed by atoms with Gasteiger partial charge in [-0.1, -0.05) is 39.0 Å². The quantitative estimate of drug-likeness (QED) is 0.420. The molecule has 0 saturated carbocycles. The third-order valence-electron chi connectivity index (χ3n) is 1.89. The Labute approximate surface area is 81.0 Å². The lowest BCUT2D eigenvalue weighted by atomic mass is 10.1. The van der Waals surface area contributed by atoms with Crippen LogP contribution in [0.5, 0.6) is 0 Å². The minimum atomic E-state index is -2.98. The highest BCUT2D eigenvalue weighted by Crippen LogP contribution is 2.17. The maximum absolute atomic E-state index is 10.8. The maximum Gasteiger partial charge on any atom is 0.273 e. The van der Waals surface area contributed by atoms with Crippen molar-refractivity contribution >= 4 is 7.59 Å². The van der Waals surface area contributed by atoms with Gasteiger partial charge in [-0.3, -0.25) is 15.6 Å². The zero-order chi connectivity index (χ0) is 10.2. The third-order valence-corrected chi connectivity index (χ3v) is 2.61. The molecule has 0 radical (unpaired) electrons. The van der Waals surface area contributed by atoms with E-state index in [0.29, 0.717) is 6.54 Å². The molecule has 0 saturated heterocycles. The number of hydrogen-bond donors (Lipinski definition) is 3. The van der Waals surface area contributed by atoms with Crippen LogP contribution < -0.4 is 16.1 Å². The van der Waals surface area contributed by atoms with Crippen molar-refractivity contribution in [2.75, 3.05) is 6.54 Å². The predicted octanol–water partition coefficient (Wildman–Crippen LogP) is 1.96. The van der Waals surface area contributed by atoms with Gasteiger partial charge in [0.05, 0.1) is 0 Å². The molecule has 0 unspecified atom stereocenters. The van der Waals surface area contributed by atoms with Gasteiger partial charge in [0.15, 0.2) is 0 Å². The van der Waals surface area contributed by atoms with Crippen LogP contribution in [-0.2, 0) is 4.57 Å². The number of rotatable bonds is 8. The fraction of sp³-hybridized carbons (Fsp3) is 1.00. The van der Waals surface area contributed by atoms with Gasteiger partial charge >= 0.3 is 0 Å². The molecule has 0 bridgehead atoms. The van der Waals surface area contributed by atoms with E-state index < -0.39 is 7.59 Å². The lowest BCUT2D eigenvalue weighted by molar-refractivity contribution is 0.558.